The Balaban J connectivity index is 2.58. The maximum atomic E-state index is 3.24. The second kappa shape index (κ2) is 5.60. The van der Waals surface area contributed by atoms with Gasteiger partial charge < -0.3 is 0 Å². The van der Waals surface area contributed by atoms with Crippen molar-refractivity contribution in [2.24, 2.45) is 0 Å². The molecular formula is C13H14NPPd. The number of hydrogen-bond acceptors (Lipinski definition) is 1. The summed E-state index contributed by atoms with van der Waals surface area (Å²) in [7, 11) is 4.80. The third-order valence-corrected chi connectivity index (χ3v) is 4.76. The van der Waals surface area contributed by atoms with E-state index in [1.54, 1.807) is 0 Å². The number of anilines is 1. The van der Waals surface area contributed by atoms with Crippen LogP contribution in [0.3, 0.4) is 0 Å². The first-order chi connectivity index (χ1) is 7.86. The van der Waals surface area contributed by atoms with Gasteiger partial charge in [-0.25, -0.2) is 0 Å². The van der Waals surface area contributed by atoms with Crippen LogP contribution in [0.4, 0.5) is 5.69 Å². The Morgan fingerprint density at radius 1 is 0.938 bits per heavy atom. The fourth-order valence-corrected chi connectivity index (χ4v) is 3.50. The zero-order chi connectivity index (χ0) is 11.4. The van der Waals surface area contributed by atoms with Gasteiger partial charge in [0.15, 0.2) is 0 Å². The average Bonchev–Trinajstić information content (AvgIpc) is 2.38. The first-order valence-electron chi connectivity index (χ1n) is 5.00. The fourth-order valence-electron chi connectivity index (χ4n) is 1.68. The van der Waals surface area contributed by atoms with Crippen LogP contribution in [0.25, 0.3) is 11.1 Å². The summed E-state index contributed by atoms with van der Waals surface area (Å²) in [6.45, 7) is 0. The molecule has 1 atom stereocenters. The molecule has 0 amide bonds. The van der Waals surface area contributed by atoms with Gasteiger partial charge in [-0.1, -0.05) is 0 Å². The number of rotatable bonds is 3. The Morgan fingerprint density at radius 2 is 1.56 bits per heavy atom. The van der Waals surface area contributed by atoms with E-state index < -0.39 is 0 Å². The van der Waals surface area contributed by atoms with Crippen LogP contribution in [0, 0.1) is 0 Å². The molecule has 0 aliphatic rings. The SMILES string of the molecule is CNc1ccccc1-c1cccc[c]1[Pd][PH2]. The van der Waals surface area contributed by atoms with E-state index in [0.29, 0.717) is 17.5 Å². The molecule has 86 valence electrons. The van der Waals surface area contributed by atoms with Crippen molar-refractivity contribution in [1.29, 1.82) is 0 Å². The number of para-hydroxylation sites is 1. The molecule has 0 spiro atoms. The minimum absolute atomic E-state index is 0.550. The maximum absolute atomic E-state index is 3.24. The van der Waals surface area contributed by atoms with Crippen molar-refractivity contribution in [3.63, 3.8) is 0 Å². The van der Waals surface area contributed by atoms with Crippen LogP contribution in [-0.2, 0) is 17.5 Å². The molecule has 0 bridgehead atoms. The quantitative estimate of drug-likeness (QED) is 0.677. The summed E-state index contributed by atoms with van der Waals surface area (Å²) in [6, 6.07) is 17.0. The average molecular weight is 322 g/mol. The van der Waals surface area contributed by atoms with Crippen LogP contribution in [0.2, 0.25) is 0 Å². The zero-order valence-electron chi connectivity index (χ0n) is 9.01. The van der Waals surface area contributed by atoms with Crippen molar-refractivity contribution < 1.29 is 17.5 Å². The van der Waals surface area contributed by atoms with Gasteiger partial charge in [0.1, 0.15) is 0 Å². The van der Waals surface area contributed by atoms with E-state index in [1.165, 1.54) is 20.9 Å². The van der Waals surface area contributed by atoms with E-state index in [9.17, 15) is 0 Å². The molecule has 0 aliphatic heterocycles. The van der Waals surface area contributed by atoms with Gasteiger partial charge in [0.05, 0.1) is 0 Å². The Labute approximate surface area is 106 Å². The summed E-state index contributed by atoms with van der Waals surface area (Å²) < 4.78 is 1.41. The van der Waals surface area contributed by atoms with E-state index in [2.05, 4.69) is 61.3 Å². The fraction of sp³-hybridized carbons (Fsp3) is 0.0769. The molecule has 2 aromatic rings. The van der Waals surface area contributed by atoms with E-state index in [1.807, 2.05) is 7.05 Å². The Morgan fingerprint density at radius 3 is 2.25 bits per heavy atom. The molecule has 1 nitrogen and oxygen atoms in total. The molecule has 16 heavy (non-hydrogen) atoms. The summed E-state index contributed by atoms with van der Waals surface area (Å²) >= 11 is 0.550. The second-order valence-corrected chi connectivity index (χ2v) is 5.70. The third kappa shape index (κ3) is 2.36. The first kappa shape index (κ1) is 11.8. The normalized spacial score (nSPS) is 10.4. The Kier molecular flexibility index (Phi) is 4.13. The van der Waals surface area contributed by atoms with Gasteiger partial charge in [0.2, 0.25) is 0 Å². The monoisotopic (exact) mass is 321 g/mol. The van der Waals surface area contributed by atoms with E-state index >= 15 is 0 Å². The van der Waals surface area contributed by atoms with Gasteiger partial charge in [-0.3, -0.25) is 0 Å². The standard InChI is InChI=1S/C13H12N.H2P.Pd/c1-14-13-10-6-5-9-12(13)11-7-3-2-4-8-11;;/h2-7,9-10,14H,1H3;1H2;/q;-1;+1. The van der Waals surface area contributed by atoms with Crippen molar-refractivity contribution in [1.82, 2.24) is 0 Å². The molecule has 0 fully saturated rings. The first-order valence-corrected chi connectivity index (χ1v) is 8.83. The van der Waals surface area contributed by atoms with Gasteiger partial charge >= 0.3 is 107 Å². The Bertz CT molecular complexity index is 439. The van der Waals surface area contributed by atoms with Crippen molar-refractivity contribution in [3.05, 3.63) is 48.5 Å². The van der Waals surface area contributed by atoms with E-state index in [-0.39, 0.29) is 0 Å². The number of nitrogens with one attached hydrogen (secondary N) is 1. The molecule has 2 aromatic carbocycles. The Hall–Kier alpha value is -0.668. The third-order valence-electron chi connectivity index (χ3n) is 2.43. The van der Waals surface area contributed by atoms with Crippen LogP contribution in [0.15, 0.2) is 48.5 Å². The van der Waals surface area contributed by atoms with E-state index in [4.69, 9.17) is 0 Å². The van der Waals surface area contributed by atoms with Crippen molar-refractivity contribution in [2.45, 2.75) is 0 Å². The minimum atomic E-state index is 0.550. The molecule has 1 N–H and O–H groups in total. The van der Waals surface area contributed by atoms with Crippen molar-refractivity contribution in [3.8, 4) is 11.1 Å². The molecule has 0 heterocycles. The van der Waals surface area contributed by atoms with Crippen molar-refractivity contribution in [2.75, 3.05) is 12.4 Å². The predicted octanol–water partition coefficient (Wildman–Crippen LogP) is 2.89. The van der Waals surface area contributed by atoms with Crippen LogP contribution < -0.4 is 9.35 Å². The van der Waals surface area contributed by atoms with Gasteiger partial charge in [-0.2, -0.15) is 0 Å². The van der Waals surface area contributed by atoms with Crippen LogP contribution >= 0.6 is 7.43 Å². The second-order valence-electron chi connectivity index (χ2n) is 3.33. The molecule has 0 saturated carbocycles. The molecule has 3 heteroatoms. The van der Waals surface area contributed by atoms with Crippen LogP contribution in [-0.4, -0.2) is 7.05 Å². The van der Waals surface area contributed by atoms with Gasteiger partial charge in [-0.15, -0.1) is 0 Å². The summed E-state index contributed by atoms with van der Waals surface area (Å²) in [6.07, 6.45) is 0. The van der Waals surface area contributed by atoms with Crippen molar-refractivity contribution >= 4 is 17.2 Å². The number of benzene rings is 2. The molecule has 1 unspecified atom stereocenters. The molecule has 0 radical (unpaired) electrons. The predicted molar refractivity (Wildman–Crippen MR) is 70.8 cm³/mol. The van der Waals surface area contributed by atoms with Crippen LogP contribution in [0.1, 0.15) is 0 Å². The zero-order valence-corrected chi connectivity index (χ0v) is 11.7. The summed E-state index contributed by atoms with van der Waals surface area (Å²) in [4.78, 5) is 0. The van der Waals surface area contributed by atoms with Crippen LogP contribution in [0.5, 0.6) is 0 Å². The van der Waals surface area contributed by atoms with Gasteiger partial charge in [-0.05, 0) is 0 Å². The topological polar surface area (TPSA) is 12.0 Å². The molecule has 0 aliphatic carbocycles. The molecule has 2 rings (SSSR count). The summed E-state index contributed by atoms with van der Waals surface area (Å²) in [5, 5.41) is 3.24. The number of hydrogen-bond donors (Lipinski definition) is 1. The molecule has 0 saturated heterocycles. The van der Waals surface area contributed by atoms with Gasteiger partial charge in [0.25, 0.3) is 0 Å². The molecule has 0 aromatic heterocycles. The van der Waals surface area contributed by atoms with Gasteiger partial charge in [0, 0.05) is 0 Å². The van der Waals surface area contributed by atoms with E-state index in [0.717, 1.165) is 0 Å². The molecular weight excluding hydrogens is 308 g/mol. The summed E-state index contributed by atoms with van der Waals surface area (Å²) in [5.41, 5.74) is 3.79. The summed E-state index contributed by atoms with van der Waals surface area (Å²) in [5.74, 6) is 0.